The third-order valence-electron chi connectivity index (χ3n) is 1.39. The smallest absolute Gasteiger partial charge is 0.310 e. The molecule has 0 radical (unpaired) electrons. The van der Waals surface area contributed by atoms with E-state index in [1.54, 1.807) is 11.8 Å². The minimum atomic E-state index is -2.49. The molecule has 15 heavy (non-hydrogen) atoms. The van der Waals surface area contributed by atoms with E-state index in [4.69, 9.17) is 20.9 Å². The van der Waals surface area contributed by atoms with Crippen molar-refractivity contribution in [1.82, 2.24) is 4.90 Å². The Hall–Kier alpha value is 0.390. The van der Waals surface area contributed by atoms with Gasteiger partial charge in [-0.25, -0.2) is 0 Å². The number of hydrogen-bond acceptors (Lipinski definition) is 4. The molecule has 0 aromatic carbocycles. The molecular weight excluding hydrogens is 251 g/mol. The molecule has 0 saturated heterocycles. The number of nitrogens with zero attached hydrogens (tertiary/aromatic N) is 2. The minimum absolute atomic E-state index is 0.448. The molecule has 0 aliphatic heterocycles. The molecule has 0 N–H and O–H groups in total. The summed E-state index contributed by atoms with van der Waals surface area (Å²) >= 11 is 6.83. The summed E-state index contributed by atoms with van der Waals surface area (Å²) in [4.78, 5) is 1.92. The SMILES string of the molecule is COP(=S)(/N=C(\SC(C)C)N(C)C)OC. The lowest BCUT2D eigenvalue weighted by Crippen LogP contribution is -2.20. The van der Waals surface area contributed by atoms with Crippen molar-refractivity contribution in [3.63, 3.8) is 0 Å². The van der Waals surface area contributed by atoms with Gasteiger partial charge in [0.25, 0.3) is 0 Å². The summed E-state index contributed by atoms with van der Waals surface area (Å²) in [5.74, 6) is 0. The predicted octanol–water partition coefficient (Wildman–Crippen LogP) is 2.56. The minimum Gasteiger partial charge on any atom is -0.357 e. The van der Waals surface area contributed by atoms with Gasteiger partial charge < -0.3 is 13.9 Å². The summed E-state index contributed by atoms with van der Waals surface area (Å²) in [5, 5.41) is 1.29. The van der Waals surface area contributed by atoms with Crippen LogP contribution < -0.4 is 0 Å². The van der Waals surface area contributed by atoms with Gasteiger partial charge in [0.2, 0.25) is 0 Å². The van der Waals surface area contributed by atoms with Crippen molar-refractivity contribution in [3.8, 4) is 0 Å². The Morgan fingerprint density at radius 1 is 1.33 bits per heavy atom. The first-order valence-electron chi connectivity index (χ1n) is 4.50. The van der Waals surface area contributed by atoms with E-state index >= 15 is 0 Å². The van der Waals surface area contributed by atoms with E-state index in [0.717, 1.165) is 5.17 Å². The molecule has 0 atom stereocenters. The van der Waals surface area contributed by atoms with Crippen molar-refractivity contribution in [2.24, 2.45) is 4.76 Å². The van der Waals surface area contributed by atoms with Crippen LogP contribution in [0.5, 0.6) is 0 Å². The van der Waals surface area contributed by atoms with Crippen molar-refractivity contribution < 1.29 is 9.05 Å². The van der Waals surface area contributed by atoms with Crippen molar-refractivity contribution in [3.05, 3.63) is 0 Å². The molecular formula is C8H19N2O2PS2. The lowest BCUT2D eigenvalue weighted by atomic mass is 10.6. The van der Waals surface area contributed by atoms with Gasteiger partial charge in [-0.05, 0) is 11.8 Å². The predicted molar refractivity (Wildman–Crippen MR) is 72.2 cm³/mol. The van der Waals surface area contributed by atoms with E-state index < -0.39 is 6.64 Å². The van der Waals surface area contributed by atoms with Crippen molar-refractivity contribution in [2.45, 2.75) is 19.1 Å². The quantitative estimate of drug-likeness (QED) is 0.445. The Labute approximate surface area is 102 Å². The summed E-state index contributed by atoms with van der Waals surface area (Å²) < 4.78 is 14.6. The average Bonchev–Trinajstić information content (AvgIpc) is 2.16. The van der Waals surface area contributed by atoms with Gasteiger partial charge in [-0.15, -0.1) is 0 Å². The highest BCUT2D eigenvalue weighted by molar-refractivity contribution is 8.15. The Morgan fingerprint density at radius 3 is 2.07 bits per heavy atom. The highest BCUT2D eigenvalue weighted by Crippen LogP contribution is 2.49. The van der Waals surface area contributed by atoms with E-state index in [0.29, 0.717) is 5.25 Å². The third kappa shape index (κ3) is 5.88. The standard InChI is InChI=1S/C8H19N2O2PS2/c1-7(2)15-8(10(3)4)9-13(14,11-5)12-6/h7H,1-6H3/b9-8-. The fourth-order valence-electron chi connectivity index (χ4n) is 0.690. The molecule has 0 rings (SSSR count). The van der Waals surface area contributed by atoms with E-state index in [9.17, 15) is 0 Å². The first-order valence-corrected chi connectivity index (χ1v) is 7.97. The molecule has 0 aromatic heterocycles. The van der Waals surface area contributed by atoms with Crippen LogP contribution in [0.2, 0.25) is 0 Å². The Morgan fingerprint density at radius 2 is 1.80 bits per heavy atom. The number of hydrogen-bond donors (Lipinski definition) is 0. The molecule has 0 aromatic rings. The molecule has 7 heteroatoms. The first-order chi connectivity index (χ1) is 6.84. The van der Waals surface area contributed by atoms with Gasteiger partial charge >= 0.3 is 6.64 Å². The second kappa shape index (κ2) is 6.86. The zero-order chi connectivity index (χ0) is 12.1. The van der Waals surface area contributed by atoms with Crippen LogP contribution in [0.25, 0.3) is 0 Å². The number of amidine groups is 1. The van der Waals surface area contributed by atoms with Crippen LogP contribution in [0.4, 0.5) is 0 Å². The van der Waals surface area contributed by atoms with Gasteiger partial charge in [-0.1, -0.05) is 25.6 Å². The summed E-state index contributed by atoms with van der Waals surface area (Å²) in [6, 6.07) is 0. The normalized spacial score (nSPS) is 13.4. The van der Waals surface area contributed by atoms with Crippen LogP contribution in [0, 0.1) is 0 Å². The third-order valence-corrected chi connectivity index (χ3v) is 5.16. The van der Waals surface area contributed by atoms with Crippen LogP contribution in [-0.4, -0.2) is 43.6 Å². The molecule has 0 saturated carbocycles. The molecule has 0 aliphatic rings. The van der Waals surface area contributed by atoms with Crippen molar-refractivity contribution in [1.29, 1.82) is 0 Å². The highest BCUT2D eigenvalue weighted by Gasteiger charge is 2.17. The summed E-state index contributed by atoms with van der Waals surface area (Å²) in [6.45, 7) is 1.72. The Kier molecular flexibility index (Phi) is 7.04. The maximum atomic E-state index is 5.19. The summed E-state index contributed by atoms with van der Waals surface area (Å²) in [7, 11) is 6.92. The fraction of sp³-hybridized carbons (Fsp3) is 0.875. The van der Waals surface area contributed by atoms with Gasteiger partial charge in [-0.3, -0.25) is 0 Å². The van der Waals surface area contributed by atoms with Crippen LogP contribution in [-0.2, 0) is 20.9 Å². The molecule has 0 spiro atoms. The Bertz CT molecular complexity index is 261. The number of thioether (sulfide) groups is 1. The molecule has 0 unspecified atom stereocenters. The largest absolute Gasteiger partial charge is 0.357 e. The summed E-state index contributed by atoms with van der Waals surface area (Å²) in [6.07, 6.45) is 0. The van der Waals surface area contributed by atoms with Crippen molar-refractivity contribution in [2.75, 3.05) is 28.3 Å². The molecule has 90 valence electrons. The molecule has 0 fully saturated rings. The first kappa shape index (κ1) is 15.4. The van der Waals surface area contributed by atoms with Crippen LogP contribution in [0.15, 0.2) is 4.76 Å². The zero-order valence-corrected chi connectivity index (χ0v) is 12.6. The maximum Gasteiger partial charge on any atom is 0.310 e. The maximum absolute atomic E-state index is 5.19. The number of rotatable bonds is 4. The van der Waals surface area contributed by atoms with Gasteiger partial charge in [-0.2, -0.15) is 4.76 Å². The monoisotopic (exact) mass is 270 g/mol. The van der Waals surface area contributed by atoms with Gasteiger partial charge in [0.05, 0.1) is 0 Å². The summed E-state index contributed by atoms with van der Waals surface area (Å²) in [5.41, 5.74) is 0. The molecule has 4 nitrogen and oxygen atoms in total. The molecule has 0 heterocycles. The molecule has 0 bridgehead atoms. The highest BCUT2D eigenvalue weighted by atomic mass is 32.5. The zero-order valence-electron chi connectivity index (χ0n) is 10.1. The topological polar surface area (TPSA) is 34.1 Å². The lowest BCUT2D eigenvalue weighted by molar-refractivity contribution is 0.338. The van der Waals surface area contributed by atoms with E-state index in [1.807, 2.05) is 19.0 Å². The van der Waals surface area contributed by atoms with E-state index in [-0.39, 0.29) is 0 Å². The van der Waals surface area contributed by atoms with Crippen molar-refractivity contribution >= 4 is 35.4 Å². The fourth-order valence-corrected chi connectivity index (χ4v) is 2.92. The van der Waals surface area contributed by atoms with Crippen LogP contribution in [0.3, 0.4) is 0 Å². The molecule has 0 aliphatic carbocycles. The van der Waals surface area contributed by atoms with Gasteiger partial charge in [0.1, 0.15) is 0 Å². The van der Waals surface area contributed by atoms with E-state index in [2.05, 4.69) is 18.6 Å². The second-order valence-corrected chi connectivity index (χ2v) is 8.07. The second-order valence-electron chi connectivity index (χ2n) is 3.28. The molecule has 0 amide bonds. The Balaban J connectivity index is 4.89. The van der Waals surface area contributed by atoms with Crippen LogP contribution in [0.1, 0.15) is 13.8 Å². The van der Waals surface area contributed by atoms with Gasteiger partial charge in [0.15, 0.2) is 5.17 Å². The van der Waals surface area contributed by atoms with Crippen LogP contribution >= 0.6 is 18.4 Å². The van der Waals surface area contributed by atoms with E-state index in [1.165, 1.54) is 14.2 Å². The average molecular weight is 270 g/mol. The lowest BCUT2D eigenvalue weighted by Gasteiger charge is -2.20. The van der Waals surface area contributed by atoms with Gasteiger partial charge in [0, 0.05) is 33.6 Å².